The van der Waals surface area contributed by atoms with Gasteiger partial charge in [-0.25, -0.2) is 0 Å². The fourth-order valence-electron chi connectivity index (χ4n) is 2.80. The summed E-state index contributed by atoms with van der Waals surface area (Å²) >= 11 is 0. The standard InChI is InChI=1S/C20H33O/c1-2-3-4-5-6-7-8-9-10-14-17-20(21)18-19-15-12-11-13-16-19/h12-13,15-16,20-21H,2-10,14,17-18H2,1H3. The number of unbranched alkanes of at least 4 members (excludes halogenated alkanes) is 9. The largest absolute Gasteiger partial charge is 0.393 e. The van der Waals surface area contributed by atoms with Crippen LogP contribution in [-0.2, 0) is 6.42 Å². The third-order valence-electron chi connectivity index (χ3n) is 4.15. The maximum atomic E-state index is 10.0. The molecule has 0 amide bonds. The van der Waals surface area contributed by atoms with Crippen LogP contribution in [0.2, 0.25) is 0 Å². The molecule has 0 aliphatic carbocycles. The molecule has 1 atom stereocenters. The highest BCUT2D eigenvalue weighted by Crippen LogP contribution is 2.13. The minimum atomic E-state index is -0.179. The summed E-state index contributed by atoms with van der Waals surface area (Å²) in [4.78, 5) is 0. The van der Waals surface area contributed by atoms with Crippen molar-refractivity contribution >= 4 is 0 Å². The van der Waals surface area contributed by atoms with Crippen LogP contribution in [0.3, 0.4) is 0 Å². The minimum Gasteiger partial charge on any atom is -0.393 e. The number of benzene rings is 1. The van der Waals surface area contributed by atoms with Crippen molar-refractivity contribution in [2.45, 2.75) is 90.1 Å². The Labute approximate surface area is 131 Å². The molecule has 1 unspecified atom stereocenters. The van der Waals surface area contributed by atoms with Crippen molar-refractivity contribution in [2.24, 2.45) is 0 Å². The van der Waals surface area contributed by atoms with Gasteiger partial charge in [0.1, 0.15) is 0 Å². The molecule has 0 aliphatic rings. The van der Waals surface area contributed by atoms with E-state index in [1.165, 1.54) is 63.4 Å². The molecule has 1 aromatic carbocycles. The summed E-state index contributed by atoms with van der Waals surface area (Å²) in [6.07, 6.45) is 15.1. The third-order valence-corrected chi connectivity index (χ3v) is 4.15. The Balaban J connectivity index is 1.87. The molecule has 0 fully saturated rings. The summed E-state index contributed by atoms with van der Waals surface area (Å²) in [6.45, 7) is 2.27. The maximum absolute atomic E-state index is 10.0. The lowest BCUT2D eigenvalue weighted by atomic mass is 10.0. The molecular formula is C20H33O. The predicted molar refractivity (Wildman–Crippen MR) is 91.4 cm³/mol. The molecule has 119 valence electrons. The number of aliphatic hydroxyl groups excluding tert-OH is 1. The molecule has 1 heteroatoms. The Kier molecular flexibility index (Phi) is 11.2. The van der Waals surface area contributed by atoms with Crippen molar-refractivity contribution in [3.05, 3.63) is 35.9 Å². The summed E-state index contributed by atoms with van der Waals surface area (Å²) in [6, 6.07) is 10.9. The van der Waals surface area contributed by atoms with E-state index in [-0.39, 0.29) is 6.10 Å². The van der Waals surface area contributed by atoms with E-state index < -0.39 is 0 Å². The molecule has 21 heavy (non-hydrogen) atoms. The monoisotopic (exact) mass is 289 g/mol. The minimum absolute atomic E-state index is 0.179. The van der Waals surface area contributed by atoms with Crippen LogP contribution in [0.1, 0.15) is 83.1 Å². The lowest BCUT2D eigenvalue weighted by Crippen LogP contribution is -2.10. The van der Waals surface area contributed by atoms with E-state index in [1.807, 2.05) is 24.3 Å². The maximum Gasteiger partial charge on any atom is 0.0580 e. The Hall–Kier alpha value is -0.820. The van der Waals surface area contributed by atoms with E-state index in [4.69, 9.17) is 0 Å². The molecule has 1 rings (SSSR count). The normalized spacial score (nSPS) is 12.5. The van der Waals surface area contributed by atoms with Crippen molar-refractivity contribution < 1.29 is 5.11 Å². The second-order valence-corrected chi connectivity index (χ2v) is 6.24. The van der Waals surface area contributed by atoms with Gasteiger partial charge in [-0.05, 0) is 24.5 Å². The molecule has 0 bridgehead atoms. The molecule has 0 aromatic heterocycles. The van der Waals surface area contributed by atoms with Crippen LogP contribution in [0.5, 0.6) is 0 Å². The van der Waals surface area contributed by atoms with Gasteiger partial charge in [0, 0.05) is 0 Å². The van der Waals surface area contributed by atoms with Crippen LogP contribution >= 0.6 is 0 Å². The zero-order valence-corrected chi connectivity index (χ0v) is 13.8. The predicted octanol–water partition coefficient (Wildman–Crippen LogP) is 5.70. The van der Waals surface area contributed by atoms with Crippen molar-refractivity contribution in [2.75, 3.05) is 0 Å². The van der Waals surface area contributed by atoms with Gasteiger partial charge in [0.2, 0.25) is 0 Å². The van der Waals surface area contributed by atoms with Crippen molar-refractivity contribution in [3.8, 4) is 0 Å². The van der Waals surface area contributed by atoms with E-state index in [9.17, 15) is 5.11 Å². The molecule has 1 radical (unpaired) electrons. The number of aliphatic hydroxyl groups is 1. The topological polar surface area (TPSA) is 20.2 Å². The van der Waals surface area contributed by atoms with Crippen LogP contribution in [-0.4, -0.2) is 11.2 Å². The van der Waals surface area contributed by atoms with Gasteiger partial charge in [0.15, 0.2) is 0 Å². The number of hydrogen-bond donors (Lipinski definition) is 1. The lowest BCUT2D eigenvalue weighted by Gasteiger charge is -2.10. The summed E-state index contributed by atoms with van der Waals surface area (Å²) in [5.74, 6) is 0. The lowest BCUT2D eigenvalue weighted by molar-refractivity contribution is 0.161. The molecule has 0 saturated heterocycles. The molecule has 0 spiro atoms. The number of rotatable bonds is 13. The average molecular weight is 289 g/mol. The first-order valence-electron chi connectivity index (χ1n) is 8.96. The van der Waals surface area contributed by atoms with E-state index in [2.05, 4.69) is 13.0 Å². The van der Waals surface area contributed by atoms with E-state index in [0.29, 0.717) is 0 Å². The molecule has 1 N–H and O–H groups in total. The highest BCUT2D eigenvalue weighted by Gasteiger charge is 2.04. The smallest absolute Gasteiger partial charge is 0.0580 e. The fraction of sp³-hybridized carbons (Fsp3) is 0.700. The summed E-state index contributed by atoms with van der Waals surface area (Å²) in [7, 11) is 0. The SMILES string of the molecule is CCCCCCCCCCCCC(O)Cc1cc[c]cc1. The van der Waals surface area contributed by atoms with Gasteiger partial charge in [0.05, 0.1) is 6.10 Å². The van der Waals surface area contributed by atoms with Crippen LogP contribution in [0.25, 0.3) is 0 Å². The van der Waals surface area contributed by atoms with Crippen LogP contribution < -0.4 is 0 Å². The zero-order valence-electron chi connectivity index (χ0n) is 13.8. The van der Waals surface area contributed by atoms with Gasteiger partial charge < -0.3 is 5.11 Å². The molecule has 1 aromatic rings. The summed E-state index contributed by atoms with van der Waals surface area (Å²) < 4.78 is 0. The van der Waals surface area contributed by atoms with Crippen LogP contribution in [0.4, 0.5) is 0 Å². The van der Waals surface area contributed by atoms with Gasteiger partial charge >= 0.3 is 0 Å². The Morgan fingerprint density at radius 3 is 1.95 bits per heavy atom. The highest BCUT2D eigenvalue weighted by molar-refractivity contribution is 5.14. The van der Waals surface area contributed by atoms with E-state index in [1.54, 1.807) is 0 Å². The second kappa shape index (κ2) is 12.9. The van der Waals surface area contributed by atoms with Gasteiger partial charge in [-0.3, -0.25) is 0 Å². The first-order valence-corrected chi connectivity index (χ1v) is 8.96. The number of hydrogen-bond acceptors (Lipinski definition) is 1. The first-order chi connectivity index (χ1) is 10.3. The van der Waals surface area contributed by atoms with Crippen molar-refractivity contribution in [1.29, 1.82) is 0 Å². The Morgan fingerprint density at radius 2 is 1.38 bits per heavy atom. The quantitative estimate of drug-likeness (QED) is 0.462. The van der Waals surface area contributed by atoms with Gasteiger partial charge in [-0.1, -0.05) is 95.4 Å². The van der Waals surface area contributed by atoms with Gasteiger partial charge in [0.25, 0.3) is 0 Å². The molecule has 0 aliphatic heterocycles. The fourth-order valence-corrected chi connectivity index (χ4v) is 2.80. The molecule has 0 heterocycles. The Morgan fingerprint density at radius 1 is 0.857 bits per heavy atom. The van der Waals surface area contributed by atoms with Crippen LogP contribution in [0.15, 0.2) is 24.3 Å². The first kappa shape index (κ1) is 18.2. The summed E-state index contributed by atoms with van der Waals surface area (Å²) in [5.41, 5.74) is 1.22. The molecule has 1 nitrogen and oxygen atoms in total. The van der Waals surface area contributed by atoms with Crippen LogP contribution in [0, 0.1) is 6.07 Å². The van der Waals surface area contributed by atoms with Crippen molar-refractivity contribution in [3.63, 3.8) is 0 Å². The zero-order chi connectivity index (χ0) is 15.2. The second-order valence-electron chi connectivity index (χ2n) is 6.24. The van der Waals surface area contributed by atoms with Gasteiger partial charge in [-0.15, -0.1) is 0 Å². The third kappa shape index (κ3) is 10.5. The van der Waals surface area contributed by atoms with Crippen molar-refractivity contribution in [1.82, 2.24) is 0 Å². The highest BCUT2D eigenvalue weighted by atomic mass is 16.3. The summed E-state index contributed by atoms with van der Waals surface area (Å²) in [5, 5.41) is 10.0. The molecular weight excluding hydrogens is 256 g/mol. The molecule has 0 saturated carbocycles. The average Bonchev–Trinajstić information content (AvgIpc) is 2.50. The van der Waals surface area contributed by atoms with Gasteiger partial charge in [-0.2, -0.15) is 0 Å². The Bertz CT molecular complexity index is 320. The van der Waals surface area contributed by atoms with E-state index >= 15 is 0 Å². The van der Waals surface area contributed by atoms with E-state index in [0.717, 1.165) is 19.3 Å².